The standard InChI is InChI=1S/C20H21ClN4S/c1-3-14-5-4-6-17(13-14)23-20(26)24-18(19-22-11-12-25(19)2)15-7-9-16(21)10-8-15/h4-13,18H,3H2,1-2H3,(H2,23,24,26)/t18-/m0/s1. The molecular formula is C20H21ClN4S. The molecule has 3 aromatic rings. The van der Waals surface area contributed by atoms with Crippen LogP contribution >= 0.6 is 23.8 Å². The van der Waals surface area contributed by atoms with Gasteiger partial charge in [-0.25, -0.2) is 4.98 Å². The van der Waals surface area contributed by atoms with Crippen molar-refractivity contribution in [3.05, 3.63) is 82.9 Å². The zero-order chi connectivity index (χ0) is 18.5. The maximum absolute atomic E-state index is 6.03. The molecule has 4 nitrogen and oxygen atoms in total. The fraction of sp³-hybridized carbons (Fsp3) is 0.200. The van der Waals surface area contributed by atoms with Gasteiger partial charge in [0.05, 0.1) is 0 Å². The summed E-state index contributed by atoms with van der Waals surface area (Å²) in [7, 11) is 1.97. The Morgan fingerprint density at radius 3 is 2.65 bits per heavy atom. The second-order valence-corrected chi connectivity index (χ2v) is 6.88. The maximum Gasteiger partial charge on any atom is 0.171 e. The van der Waals surface area contributed by atoms with Crippen molar-refractivity contribution in [2.75, 3.05) is 5.32 Å². The molecule has 0 saturated carbocycles. The summed E-state index contributed by atoms with van der Waals surface area (Å²) >= 11 is 11.6. The molecule has 3 rings (SSSR count). The number of aryl methyl sites for hydroxylation is 2. The summed E-state index contributed by atoms with van der Waals surface area (Å²) in [6, 6.07) is 15.8. The lowest BCUT2D eigenvalue weighted by molar-refractivity contribution is 0.664. The number of rotatable bonds is 5. The average molecular weight is 385 g/mol. The highest BCUT2D eigenvalue weighted by atomic mass is 35.5. The molecule has 1 atom stereocenters. The molecule has 0 fully saturated rings. The van der Waals surface area contributed by atoms with Crippen LogP contribution in [0.25, 0.3) is 0 Å². The van der Waals surface area contributed by atoms with Crippen LogP contribution in [0.2, 0.25) is 5.02 Å². The molecule has 0 aliphatic rings. The van der Waals surface area contributed by atoms with Crippen LogP contribution in [0.5, 0.6) is 0 Å². The Morgan fingerprint density at radius 2 is 2.00 bits per heavy atom. The highest BCUT2D eigenvalue weighted by molar-refractivity contribution is 7.80. The van der Waals surface area contributed by atoms with Crippen molar-refractivity contribution in [3.8, 4) is 0 Å². The number of nitrogens with zero attached hydrogens (tertiary/aromatic N) is 2. The topological polar surface area (TPSA) is 41.9 Å². The molecule has 0 aliphatic heterocycles. The Balaban J connectivity index is 1.82. The van der Waals surface area contributed by atoms with Crippen molar-refractivity contribution in [3.63, 3.8) is 0 Å². The Kier molecular flexibility index (Phi) is 5.91. The van der Waals surface area contributed by atoms with Gasteiger partial charge >= 0.3 is 0 Å². The number of benzene rings is 2. The van der Waals surface area contributed by atoms with Crippen LogP contribution in [0.1, 0.15) is 29.9 Å². The van der Waals surface area contributed by atoms with E-state index < -0.39 is 0 Å². The summed E-state index contributed by atoms with van der Waals surface area (Å²) in [5.41, 5.74) is 3.27. The van der Waals surface area contributed by atoms with Crippen LogP contribution in [-0.4, -0.2) is 14.7 Å². The lowest BCUT2D eigenvalue weighted by Crippen LogP contribution is -2.34. The third-order valence-corrected chi connectivity index (χ3v) is 4.66. The van der Waals surface area contributed by atoms with Crippen molar-refractivity contribution in [1.29, 1.82) is 0 Å². The third-order valence-electron chi connectivity index (χ3n) is 4.19. The number of anilines is 1. The van der Waals surface area contributed by atoms with Crippen LogP contribution in [0, 0.1) is 0 Å². The van der Waals surface area contributed by atoms with Crippen LogP contribution in [0.4, 0.5) is 5.69 Å². The minimum Gasteiger partial charge on any atom is -0.348 e. The summed E-state index contributed by atoms with van der Waals surface area (Å²) in [4.78, 5) is 4.48. The SMILES string of the molecule is CCc1cccc(NC(=S)N[C@@H](c2ccc(Cl)cc2)c2nccn2C)c1. The quantitative estimate of drug-likeness (QED) is 0.625. The van der Waals surface area contributed by atoms with Crippen molar-refractivity contribution in [1.82, 2.24) is 14.9 Å². The van der Waals surface area contributed by atoms with Crippen molar-refractivity contribution < 1.29 is 0 Å². The summed E-state index contributed by atoms with van der Waals surface area (Å²) in [5.74, 6) is 0.874. The molecule has 0 saturated heterocycles. The number of imidazole rings is 1. The van der Waals surface area contributed by atoms with Gasteiger partial charge in [-0.3, -0.25) is 0 Å². The largest absolute Gasteiger partial charge is 0.348 e. The van der Waals surface area contributed by atoms with Gasteiger partial charge in [-0.05, 0) is 54.0 Å². The average Bonchev–Trinajstić information content (AvgIpc) is 3.06. The van der Waals surface area contributed by atoms with E-state index in [-0.39, 0.29) is 6.04 Å². The molecule has 0 unspecified atom stereocenters. The van der Waals surface area contributed by atoms with Crippen molar-refractivity contribution in [2.45, 2.75) is 19.4 Å². The smallest absolute Gasteiger partial charge is 0.171 e. The Hall–Kier alpha value is -2.37. The first-order valence-corrected chi connectivity index (χ1v) is 9.24. The van der Waals surface area contributed by atoms with Crippen LogP contribution in [0.15, 0.2) is 60.9 Å². The van der Waals surface area contributed by atoms with Gasteiger partial charge in [0, 0.05) is 30.2 Å². The minimum absolute atomic E-state index is 0.179. The van der Waals surface area contributed by atoms with E-state index in [1.165, 1.54) is 5.56 Å². The molecule has 2 N–H and O–H groups in total. The van der Waals surface area contributed by atoms with E-state index in [9.17, 15) is 0 Å². The van der Waals surface area contributed by atoms with Crippen LogP contribution in [-0.2, 0) is 13.5 Å². The molecule has 1 aromatic heterocycles. The summed E-state index contributed by atoms with van der Waals surface area (Å²) in [6.07, 6.45) is 4.68. The highest BCUT2D eigenvalue weighted by Crippen LogP contribution is 2.22. The fourth-order valence-electron chi connectivity index (χ4n) is 2.77. The molecule has 0 bridgehead atoms. The first-order chi connectivity index (χ1) is 12.6. The minimum atomic E-state index is -0.179. The molecule has 26 heavy (non-hydrogen) atoms. The van der Waals surface area contributed by atoms with Crippen LogP contribution in [0.3, 0.4) is 0 Å². The van der Waals surface area contributed by atoms with Gasteiger partial charge in [0.25, 0.3) is 0 Å². The van der Waals surface area contributed by atoms with Gasteiger partial charge in [0.2, 0.25) is 0 Å². The third kappa shape index (κ3) is 4.42. The van der Waals surface area contributed by atoms with Gasteiger partial charge in [0.15, 0.2) is 5.11 Å². The normalized spacial score (nSPS) is 11.8. The number of aromatic nitrogens is 2. The maximum atomic E-state index is 6.03. The van der Waals surface area contributed by atoms with Gasteiger partial charge in [-0.15, -0.1) is 0 Å². The fourth-order valence-corrected chi connectivity index (χ4v) is 3.14. The van der Waals surface area contributed by atoms with Gasteiger partial charge in [0.1, 0.15) is 11.9 Å². The lowest BCUT2D eigenvalue weighted by atomic mass is 10.1. The van der Waals surface area contributed by atoms with Gasteiger partial charge in [-0.1, -0.05) is 42.8 Å². The van der Waals surface area contributed by atoms with E-state index in [0.29, 0.717) is 10.1 Å². The van der Waals surface area contributed by atoms with E-state index in [1.807, 2.05) is 54.2 Å². The van der Waals surface area contributed by atoms with Crippen molar-refractivity contribution >= 4 is 34.6 Å². The first kappa shape index (κ1) is 18.4. The van der Waals surface area contributed by atoms with E-state index in [4.69, 9.17) is 23.8 Å². The number of nitrogens with one attached hydrogen (secondary N) is 2. The number of hydrogen-bond donors (Lipinski definition) is 2. The molecule has 134 valence electrons. The Morgan fingerprint density at radius 1 is 1.23 bits per heavy atom. The first-order valence-electron chi connectivity index (χ1n) is 8.46. The van der Waals surface area contributed by atoms with E-state index >= 15 is 0 Å². The molecule has 0 spiro atoms. The predicted molar refractivity (Wildman–Crippen MR) is 112 cm³/mol. The molecule has 2 aromatic carbocycles. The molecule has 0 amide bonds. The number of hydrogen-bond acceptors (Lipinski definition) is 2. The molecule has 0 aliphatic carbocycles. The summed E-state index contributed by atoms with van der Waals surface area (Å²) in [5, 5.41) is 7.88. The molecule has 0 radical (unpaired) electrons. The summed E-state index contributed by atoms with van der Waals surface area (Å²) < 4.78 is 1.98. The second-order valence-electron chi connectivity index (χ2n) is 6.03. The summed E-state index contributed by atoms with van der Waals surface area (Å²) in [6.45, 7) is 2.13. The monoisotopic (exact) mass is 384 g/mol. The van der Waals surface area contributed by atoms with Crippen molar-refractivity contribution in [2.24, 2.45) is 7.05 Å². The number of halogens is 1. The van der Waals surface area contributed by atoms with E-state index in [2.05, 4.69) is 34.7 Å². The lowest BCUT2D eigenvalue weighted by Gasteiger charge is -2.21. The number of thiocarbonyl (C=S) groups is 1. The molecular weight excluding hydrogens is 364 g/mol. The Bertz CT molecular complexity index is 889. The van der Waals surface area contributed by atoms with Gasteiger partial charge < -0.3 is 15.2 Å². The highest BCUT2D eigenvalue weighted by Gasteiger charge is 2.19. The van der Waals surface area contributed by atoms with E-state index in [0.717, 1.165) is 23.5 Å². The van der Waals surface area contributed by atoms with Gasteiger partial charge in [-0.2, -0.15) is 0 Å². The molecule has 1 heterocycles. The van der Waals surface area contributed by atoms with Crippen LogP contribution < -0.4 is 10.6 Å². The second kappa shape index (κ2) is 8.34. The zero-order valence-electron chi connectivity index (χ0n) is 14.7. The van der Waals surface area contributed by atoms with E-state index in [1.54, 1.807) is 6.20 Å². The zero-order valence-corrected chi connectivity index (χ0v) is 16.3. The Labute approximate surface area is 164 Å². The predicted octanol–water partition coefficient (Wildman–Crippen LogP) is 4.71. The molecule has 6 heteroatoms.